The Bertz CT molecular complexity index is 2220. The number of rotatable bonds is 16. The van der Waals surface area contributed by atoms with Gasteiger partial charge in [0.1, 0.15) is 29.1 Å². The first-order chi connectivity index (χ1) is 29.8. The highest BCUT2D eigenvalue weighted by Crippen LogP contribution is 2.34. The summed E-state index contributed by atoms with van der Waals surface area (Å²) in [6.07, 6.45) is 10.4. The fraction of sp³-hybridized carbons (Fsp3) is 0.565. The van der Waals surface area contributed by atoms with Gasteiger partial charge in [0.2, 0.25) is 5.95 Å². The Labute approximate surface area is 367 Å². The second-order valence-corrected chi connectivity index (χ2v) is 19.0. The summed E-state index contributed by atoms with van der Waals surface area (Å²) < 4.78 is 50.0. The first kappa shape index (κ1) is 45.5. The zero-order valence-corrected chi connectivity index (χ0v) is 37.4. The largest absolute Gasteiger partial charge is 0.369 e. The van der Waals surface area contributed by atoms with Gasteiger partial charge in [-0.15, -0.1) is 0 Å². The lowest BCUT2D eigenvalue weighted by Gasteiger charge is -2.38. The average molecular weight is 876 g/mol. The zero-order valence-electron chi connectivity index (χ0n) is 36.6. The van der Waals surface area contributed by atoms with Crippen molar-refractivity contribution in [3.63, 3.8) is 0 Å². The number of hydrogen-bond acceptors (Lipinski definition) is 11. The number of benzene rings is 2. The SMILES string of the molecule is Cc1nc2c(F)cc(-c3nc(NC4CCN(SC5CCN(CCC6CCN(c7cc(C(=O)N(C)C(C)CCC=O)c(C=O)cc7F)CC6)CC5)CC4)ncc3F)cc2n1C(C)C. The van der Waals surface area contributed by atoms with Gasteiger partial charge in [-0.05, 0) is 129 Å². The number of carbonyl (C=O) groups is 3. The number of piperidine rings is 3. The molecule has 1 amide bonds. The minimum absolute atomic E-state index is 0.0330. The Balaban J connectivity index is 0.831. The van der Waals surface area contributed by atoms with Crippen LogP contribution in [-0.2, 0) is 4.79 Å². The molecule has 334 valence electrons. The maximum absolute atomic E-state index is 15.3. The van der Waals surface area contributed by atoms with Crippen molar-refractivity contribution in [2.75, 3.05) is 63.1 Å². The number of imidazole rings is 1. The van der Waals surface area contributed by atoms with E-state index in [1.165, 1.54) is 23.1 Å². The summed E-state index contributed by atoms with van der Waals surface area (Å²) in [4.78, 5) is 55.3. The molecule has 2 aromatic carbocycles. The van der Waals surface area contributed by atoms with Gasteiger partial charge in [-0.1, -0.05) is 11.9 Å². The van der Waals surface area contributed by atoms with Crippen LogP contribution in [0.25, 0.3) is 22.3 Å². The highest BCUT2D eigenvalue weighted by molar-refractivity contribution is 7.97. The molecular weight excluding hydrogens is 816 g/mol. The van der Waals surface area contributed by atoms with Gasteiger partial charge in [0.05, 0.1) is 23.0 Å². The molecule has 62 heavy (non-hydrogen) atoms. The monoisotopic (exact) mass is 875 g/mol. The number of carbonyl (C=O) groups excluding carboxylic acids is 3. The van der Waals surface area contributed by atoms with E-state index in [0.29, 0.717) is 71.9 Å². The number of aldehydes is 2. The minimum Gasteiger partial charge on any atom is -0.369 e. The molecule has 0 aliphatic carbocycles. The number of hydrogen-bond donors (Lipinski definition) is 1. The van der Waals surface area contributed by atoms with E-state index in [-0.39, 0.29) is 46.4 Å². The summed E-state index contributed by atoms with van der Waals surface area (Å²) in [6, 6.07) is 5.76. The van der Waals surface area contributed by atoms with Gasteiger partial charge in [0, 0.05) is 74.1 Å². The van der Waals surface area contributed by atoms with Crippen LogP contribution in [0.3, 0.4) is 0 Å². The predicted octanol–water partition coefficient (Wildman–Crippen LogP) is 8.35. The second-order valence-electron chi connectivity index (χ2n) is 17.6. The molecule has 4 aromatic rings. The Morgan fingerprint density at radius 1 is 0.919 bits per heavy atom. The first-order valence-electron chi connectivity index (χ1n) is 22.2. The predicted molar refractivity (Wildman–Crippen MR) is 239 cm³/mol. The molecule has 3 aliphatic heterocycles. The maximum Gasteiger partial charge on any atom is 0.254 e. The molecule has 5 heterocycles. The summed E-state index contributed by atoms with van der Waals surface area (Å²) in [5.41, 5.74) is 1.87. The quantitative estimate of drug-likeness (QED) is 0.0865. The number of aromatic nitrogens is 4. The molecule has 0 radical (unpaired) electrons. The number of aryl methyl sites for hydroxylation is 1. The van der Waals surface area contributed by atoms with E-state index in [2.05, 4.69) is 29.5 Å². The van der Waals surface area contributed by atoms with Crippen molar-refractivity contribution in [1.82, 2.24) is 33.6 Å². The van der Waals surface area contributed by atoms with E-state index in [1.807, 2.05) is 49.1 Å². The number of nitrogens with zero attached hydrogens (tertiary/aromatic N) is 8. The van der Waals surface area contributed by atoms with Gasteiger partial charge in [-0.3, -0.25) is 13.9 Å². The topological polar surface area (TPSA) is 120 Å². The van der Waals surface area contributed by atoms with Gasteiger partial charge in [0.15, 0.2) is 17.9 Å². The lowest BCUT2D eigenvalue weighted by Crippen LogP contribution is -2.40. The van der Waals surface area contributed by atoms with E-state index in [0.717, 1.165) is 90.2 Å². The highest BCUT2D eigenvalue weighted by Gasteiger charge is 2.29. The molecule has 1 N–H and O–H groups in total. The van der Waals surface area contributed by atoms with Crippen LogP contribution in [0.1, 0.15) is 111 Å². The van der Waals surface area contributed by atoms with Crippen LogP contribution in [0, 0.1) is 30.3 Å². The Morgan fingerprint density at radius 3 is 2.32 bits per heavy atom. The number of halogens is 3. The van der Waals surface area contributed by atoms with Crippen molar-refractivity contribution < 1.29 is 27.6 Å². The zero-order chi connectivity index (χ0) is 44.1. The van der Waals surface area contributed by atoms with E-state index >= 15 is 13.2 Å². The van der Waals surface area contributed by atoms with E-state index in [4.69, 9.17) is 0 Å². The smallest absolute Gasteiger partial charge is 0.254 e. The summed E-state index contributed by atoms with van der Waals surface area (Å²) >= 11 is 1.98. The molecule has 1 atom stereocenters. The van der Waals surface area contributed by atoms with Crippen molar-refractivity contribution in [2.45, 2.75) is 109 Å². The number of likely N-dealkylation sites (tertiary alicyclic amines) is 1. The van der Waals surface area contributed by atoms with E-state index in [1.54, 1.807) is 13.1 Å². The van der Waals surface area contributed by atoms with Crippen LogP contribution in [0.4, 0.5) is 24.8 Å². The molecule has 2 aromatic heterocycles. The average Bonchev–Trinajstić information content (AvgIpc) is 3.62. The van der Waals surface area contributed by atoms with Crippen LogP contribution in [0.5, 0.6) is 0 Å². The molecule has 1 unspecified atom stereocenters. The minimum atomic E-state index is -0.605. The van der Waals surface area contributed by atoms with Crippen LogP contribution >= 0.6 is 11.9 Å². The molecule has 0 saturated carbocycles. The molecular formula is C46H60F3N9O3S. The number of nitrogens with one attached hydrogen (secondary N) is 1. The van der Waals surface area contributed by atoms with E-state index < -0.39 is 17.5 Å². The Hall–Kier alpha value is -4.54. The maximum atomic E-state index is 15.3. The van der Waals surface area contributed by atoms with Gasteiger partial charge in [-0.2, -0.15) is 0 Å². The van der Waals surface area contributed by atoms with Crippen LogP contribution in [-0.4, -0.2) is 122 Å². The third-order valence-corrected chi connectivity index (χ3v) is 14.5. The molecule has 3 aliphatic rings. The Morgan fingerprint density at radius 2 is 1.65 bits per heavy atom. The van der Waals surface area contributed by atoms with Gasteiger partial charge >= 0.3 is 0 Å². The van der Waals surface area contributed by atoms with Gasteiger partial charge < -0.3 is 29.4 Å². The van der Waals surface area contributed by atoms with Crippen molar-refractivity contribution in [1.29, 1.82) is 0 Å². The van der Waals surface area contributed by atoms with Crippen molar-refractivity contribution in [2.24, 2.45) is 5.92 Å². The standard InChI is InChI=1S/C46H60F3N9O3S/c1-29(2)58-31(4)51-44-39(48)23-33(25-42(44)58)43-40(49)27-50-46(53-43)52-35-11-20-57(21-12-35)62-36-13-16-55(17-14-36)15-8-32-9-18-56(19-10-32)41-26-37(34(28-60)24-38(41)47)45(61)54(5)30(3)7-6-22-59/h22-30,32,35-36H,6-21H2,1-5H3,(H,50,52,53). The summed E-state index contributed by atoms with van der Waals surface area (Å²) in [6.45, 7) is 14.1. The molecule has 7 rings (SSSR count). The van der Waals surface area contributed by atoms with Crippen molar-refractivity contribution in [3.8, 4) is 11.3 Å². The molecule has 16 heteroatoms. The molecule has 12 nitrogen and oxygen atoms in total. The fourth-order valence-corrected chi connectivity index (χ4v) is 10.5. The summed E-state index contributed by atoms with van der Waals surface area (Å²) in [5.74, 6) is -0.384. The number of amides is 1. The number of fused-ring (bicyclic) bond motifs is 1. The normalized spacial score (nSPS) is 18.1. The molecule has 3 saturated heterocycles. The Kier molecular flexibility index (Phi) is 14.9. The molecule has 3 fully saturated rings. The van der Waals surface area contributed by atoms with Gasteiger partial charge in [-0.25, -0.2) is 28.1 Å². The van der Waals surface area contributed by atoms with Crippen molar-refractivity contribution >= 4 is 53.1 Å². The first-order valence-corrected chi connectivity index (χ1v) is 23.0. The lowest BCUT2D eigenvalue weighted by atomic mass is 9.92. The number of anilines is 2. The van der Waals surface area contributed by atoms with Crippen LogP contribution in [0.2, 0.25) is 0 Å². The van der Waals surface area contributed by atoms with E-state index in [9.17, 15) is 14.4 Å². The fourth-order valence-electron chi connectivity index (χ4n) is 9.26. The van der Waals surface area contributed by atoms with Gasteiger partial charge in [0.25, 0.3) is 5.91 Å². The van der Waals surface area contributed by atoms with Crippen LogP contribution in [0.15, 0.2) is 30.5 Å². The summed E-state index contributed by atoms with van der Waals surface area (Å²) in [7, 11) is 1.65. The van der Waals surface area contributed by atoms with Crippen molar-refractivity contribution in [3.05, 3.63) is 64.9 Å². The lowest BCUT2D eigenvalue weighted by molar-refractivity contribution is -0.108. The second kappa shape index (κ2) is 20.3. The third kappa shape index (κ3) is 10.5. The summed E-state index contributed by atoms with van der Waals surface area (Å²) in [5, 5.41) is 3.99. The highest BCUT2D eigenvalue weighted by atomic mass is 32.2. The third-order valence-electron chi connectivity index (χ3n) is 13.0. The van der Waals surface area contributed by atoms with Crippen LogP contribution < -0.4 is 10.2 Å². The molecule has 0 spiro atoms. The molecule has 0 bridgehead atoms.